The topological polar surface area (TPSA) is 56.1 Å². The van der Waals surface area contributed by atoms with Crippen LogP contribution in [0.5, 0.6) is 0 Å². The monoisotopic (exact) mass is 303 g/mol. The Kier molecular flexibility index (Phi) is 5.27. The highest BCUT2D eigenvalue weighted by atomic mass is 32.2. The lowest BCUT2D eigenvalue weighted by atomic mass is 10.1. The predicted octanol–water partition coefficient (Wildman–Crippen LogP) is 2.71. The maximum Gasteiger partial charge on any atom is 0.225 e. The molecular formula is C16H21N3OS. The van der Waals surface area contributed by atoms with Crippen LogP contribution in [-0.4, -0.2) is 40.9 Å². The molecule has 1 aromatic carbocycles. The molecule has 1 aliphatic rings. The van der Waals surface area contributed by atoms with E-state index in [1.165, 1.54) is 0 Å². The Bertz CT molecular complexity index is 551. The van der Waals surface area contributed by atoms with Gasteiger partial charge in [-0.2, -0.15) is 17.0 Å². The van der Waals surface area contributed by atoms with E-state index >= 15 is 0 Å². The maximum atomic E-state index is 12.0. The summed E-state index contributed by atoms with van der Waals surface area (Å²) in [4.78, 5) is 14.3. The number of nitrogens with one attached hydrogen (secondary N) is 1. The lowest BCUT2D eigenvalue weighted by Gasteiger charge is -2.37. The van der Waals surface area contributed by atoms with Crippen LogP contribution in [0.3, 0.4) is 0 Å². The highest BCUT2D eigenvalue weighted by Crippen LogP contribution is 2.29. The highest BCUT2D eigenvalue weighted by molar-refractivity contribution is 8.00. The summed E-state index contributed by atoms with van der Waals surface area (Å²) in [6.45, 7) is 7.35. The number of hydrogen-bond donors (Lipinski definition) is 1. The third-order valence-corrected chi connectivity index (χ3v) is 4.73. The summed E-state index contributed by atoms with van der Waals surface area (Å²) < 4.78 is 0.274. The van der Waals surface area contributed by atoms with E-state index in [0.29, 0.717) is 17.7 Å². The number of thioether (sulfide) groups is 1. The van der Waals surface area contributed by atoms with E-state index < -0.39 is 0 Å². The molecule has 0 aliphatic carbocycles. The van der Waals surface area contributed by atoms with Crippen LogP contribution in [-0.2, 0) is 4.79 Å². The number of nitrogens with zero attached hydrogens (tertiary/aromatic N) is 2. The van der Waals surface area contributed by atoms with E-state index in [2.05, 4.69) is 30.1 Å². The van der Waals surface area contributed by atoms with E-state index in [1.807, 2.05) is 11.8 Å². The summed E-state index contributed by atoms with van der Waals surface area (Å²) in [5.74, 6) is 1.12. The van der Waals surface area contributed by atoms with Gasteiger partial charge in [-0.25, -0.2) is 0 Å². The first-order valence-electron chi connectivity index (χ1n) is 7.15. The van der Waals surface area contributed by atoms with Crippen molar-refractivity contribution in [3.8, 4) is 6.07 Å². The number of carbonyl (C=O) groups excluding carboxylic acids is 1. The summed E-state index contributed by atoms with van der Waals surface area (Å²) in [6, 6.07) is 9.07. The smallest absolute Gasteiger partial charge is 0.225 e. The number of amides is 1. The van der Waals surface area contributed by atoms with Gasteiger partial charge in [0, 0.05) is 42.2 Å². The van der Waals surface area contributed by atoms with Gasteiger partial charge in [0.2, 0.25) is 5.91 Å². The zero-order valence-corrected chi connectivity index (χ0v) is 13.4. The Morgan fingerprint density at radius 1 is 1.52 bits per heavy atom. The van der Waals surface area contributed by atoms with Crippen molar-refractivity contribution in [2.75, 3.05) is 30.7 Å². The molecule has 112 valence electrons. The average Bonchev–Trinajstić information content (AvgIpc) is 2.44. The summed E-state index contributed by atoms with van der Waals surface area (Å²) in [5, 5.41) is 11.7. The molecule has 1 amide bonds. The van der Waals surface area contributed by atoms with Crippen molar-refractivity contribution in [1.29, 1.82) is 5.26 Å². The maximum absolute atomic E-state index is 12.0. The van der Waals surface area contributed by atoms with Crippen LogP contribution in [0, 0.1) is 11.3 Å². The zero-order valence-electron chi connectivity index (χ0n) is 12.6. The molecule has 1 heterocycles. The minimum Gasteiger partial charge on any atom is -0.326 e. The second kappa shape index (κ2) is 6.97. The van der Waals surface area contributed by atoms with Crippen molar-refractivity contribution < 1.29 is 4.79 Å². The third kappa shape index (κ3) is 5.07. The highest BCUT2D eigenvalue weighted by Gasteiger charge is 2.26. The van der Waals surface area contributed by atoms with Gasteiger partial charge >= 0.3 is 0 Å². The number of hydrogen-bond acceptors (Lipinski definition) is 4. The molecule has 0 atom stereocenters. The molecule has 0 radical (unpaired) electrons. The molecule has 0 bridgehead atoms. The first-order chi connectivity index (χ1) is 9.98. The Hall–Kier alpha value is -1.51. The number of rotatable bonds is 4. The minimum absolute atomic E-state index is 0.00104. The molecule has 4 nitrogen and oxygen atoms in total. The molecule has 0 aromatic heterocycles. The normalized spacial score (nSPS) is 18.0. The molecule has 0 spiro atoms. The molecule has 0 saturated carbocycles. The quantitative estimate of drug-likeness (QED) is 0.929. The van der Waals surface area contributed by atoms with Crippen molar-refractivity contribution in [3.05, 3.63) is 29.8 Å². The lowest BCUT2D eigenvalue weighted by Crippen LogP contribution is -2.44. The van der Waals surface area contributed by atoms with Gasteiger partial charge in [0.15, 0.2) is 0 Å². The number of benzene rings is 1. The van der Waals surface area contributed by atoms with Crippen LogP contribution in [0.25, 0.3) is 0 Å². The fourth-order valence-corrected chi connectivity index (χ4v) is 3.63. The molecule has 1 saturated heterocycles. The van der Waals surface area contributed by atoms with Gasteiger partial charge in [-0.15, -0.1) is 0 Å². The summed E-state index contributed by atoms with van der Waals surface area (Å²) >= 11 is 1.99. The SMILES string of the molecule is CC1(C)CN(CCC(=O)Nc2cccc(C#N)c2)CCS1. The average molecular weight is 303 g/mol. The van der Waals surface area contributed by atoms with Crippen LogP contribution < -0.4 is 5.32 Å². The standard InChI is InChI=1S/C16H21N3OS/c1-16(2)12-19(8-9-21-16)7-6-15(20)18-14-5-3-4-13(10-14)11-17/h3-5,10H,6-9,12H2,1-2H3,(H,18,20). The minimum atomic E-state index is 0.00104. The van der Waals surface area contributed by atoms with Crippen molar-refractivity contribution in [3.63, 3.8) is 0 Å². The van der Waals surface area contributed by atoms with Gasteiger partial charge in [0.1, 0.15) is 0 Å². The Balaban J connectivity index is 1.81. The fraction of sp³-hybridized carbons (Fsp3) is 0.500. The van der Waals surface area contributed by atoms with Gasteiger partial charge in [-0.3, -0.25) is 4.79 Å². The Morgan fingerprint density at radius 3 is 3.05 bits per heavy atom. The van der Waals surface area contributed by atoms with Crippen LogP contribution >= 0.6 is 11.8 Å². The Labute approximate surface area is 130 Å². The lowest BCUT2D eigenvalue weighted by molar-refractivity contribution is -0.116. The molecule has 1 aliphatic heterocycles. The van der Waals surface area contributed by atoms with Crippen molar-refractivity contribution in [2.24, 2.45) is 0 Å². The number of anilines is 1. The van der Waals surface area contributed by atoms with Crippen molar-refractivity contribution in [2.45, 2.75) is 25.0 Å². The molecule has 21 heavy (non-hydrogen) atoms. The second-order valence-corrected chi connectivity index (χ2v) is 7.68. The molecular weight excluding hydrogens is 282 g/mol. The predicted molar refractivity (Wildman–Crippen MR) is 87.4 cm³/mol. The molecule has 1 aromatic rings. The first-order valence-corrected chi connectivity index (χ1v) is 8.13. The molecule has 1 fully saturated rings. The van der Waals surface area contributed by atoms with Gasteiger partial charge < -0.3 is 10.2 Å². The van der Waals surface area contributed by atoms with Crippen molar-refractivity contribution >= 4 is 23.4 Å². The summed E-state index contributed by atoms with van der Waals surface area (Å²) in [6.07, 6.45) is 0.484. The fourth-order valence-electron chi connectivity index (χ4n) is 2.45. The summed E-state index contributed by atoms with van der Waals surface area (Å²) in [7, 11) is 0. The second-order valence-electron chi connectivity index (χ2n) is 5.88. The van der Waals surface area contributed by atoms with Crippen LogP contribution in [0.4, 0.5) is 5.69 Å². The first kappa shape index (κ1) is 15.9. The number of carbonyl (C=O) groups is 1. The van der Waals surface area contributed by atoms with Crippen LogP contribution in [0.2, 0.25) is 0 Å². The van der Waals surface area contributed by atoms with Gasteiger partial charge in [0.25, 0.3) is 0 Å². The van der Waals surface area contributed by atoms with E-state index in [9.17, 15) is 4.79 Å². The molecule has 1 N–H and O–H groups in total. The van der Waals surface area contributed by atoms with E-state index in [0.717, 1.165) is 25.4 Å². The van der Waals surface area contributed by atoms with E-state index in [4.69, 9.17) is 5.26 Å². The van der Waals surface area contributed by atoms with Crippen LogP contribution in [0.1, 0.15) is 25.8 Å². The third-order valence-electron chi connectivity index (χ3n) is 3.44. The summed E-state index contributed by atoms with van der Waals surface area (Å²) in [5.41, 5.74) is 1.25. The van der Waals surface area contributed by atoms with Crippen molar-refractivity contribution in [1.82, 2.24) is 4.90 Å². The molecule has 2 rings (SSSR count). The molecule has 5 heteroatoms. The largest absolute Gasteiger partial charge is 0.326 e. The van der Waals surface area contributed by atoms with E-state index in [-0.39, 0.29) is 10.7 Å². The van der Waals surface area contributed by atoms with Crippen LogP contribution in [0.15, 0.2) is 24.3 Å². The Morgan fingerprint density at radius 2 is 2.33 bits per heavy atom. The van der Waals surface area contributed by atoms with Gasteiger partial charge in [-0.05, 0) is 32.0 Å². The van der Waals surface area contributed by atoms with Gasteiger partial charge in [-0.1, -0.05) is 6.07 Å². The van der Waals surface area contributed by atoms with E-state index in [1.54, 1.807) is 24.3 Å². The number of nitriles is 1. The zero-order chi connectivity index (χ0) is 15.3. The molecule has 0 unspecified atom stereocenters. The van der Waals surface area contributed by atoms with Gasteiger partial charge in [0.05, 0.1) is 11.6 Å².